The first-order valence-electron chi connectivity index (χ1n) is 9.98. The molecule has 1 unspecified atom stereocenters. The summed E-state index contributed by atoms with van der Waals surface area (Å²) in [6.45, 7) is 2.05. The number of pyridine rings is 1. The summed E-state index contributed by atoms with van der Waals surface area (Å²) in [5.41, 5.74) is 7.41. The van der Waals surface area contributed by atoms with Gasteiger partial charge in [0.15, 0.2) is 18.1 Å². The van der Waals surface area contributed by atoms with Crippen LogP contribution in [0.5, 0.6) is 17.2 Å². The Morgan fingerprint density at radius 1 is 1.03 bits per heavy atom. The van der Waals surface area contributed by atoms with Crippen LogP contribution < -0.4 is 25.3 Å². The zero-order chi connectivity index (χ0) is 22.9. The van der Waals surface area contributed by atoms with E-state index in [4.69, 9.17) is 19.9 Å². The minimum atomic E-state index is -0.560. The molecule has 3 rings (SSSR count). The highest BCUT2D eigenvalue weighted by molar-refractivity contribution is 5.93. The third-order valence-corrected chi connectivity index (χ3v) is 4.70. The molecular weight excluding hydrogens is 410 g/mol. The second-order valence-corrected chi connectivity index (χ2v) is 7.02. The summed E-state index contributed by atoms with van der Waals surface area (Å²) in [7, 11) is 1.57. The van der Waals surface area contributed by atoms with Crippen LogP contribution >= 0.6 is 0 Å². The van der Waals surface area contributed by atoms with Crippen molar-refractivity contribution in [2.24, 2.45) is 5.73 Å². The van der Waals surface area contributed by atoms with Crippen LogP contribution in [0.15, 0.2) is 67.0 Å². The van der Waals surface area contributed by atoms with Crippen LogP contribution in [0.25, 0.3) is 0 Å². The molecule has 1 atom stereocenters. The Bertz CT molecular complexity index is 1070. The van der Waals surface area contributed by atoms with Gasteiger partial charge in [0.05, 0.1) is 13.2 Å². The normalized spacial score (nSPS) is 11.3. The van der Waals surface area contributed by atoms with Gasteiger partial charge in [-0.3, -0.25) is 14.6 Å². The third-order valence-electron chi connectivity index (χ3n) is 4.70. The Balaban J connectivity index is 1.56. The molecule has 1 aromatic heterocycles. The van der Waals surface area contributed by atoms with Crippen molar-refractivity contribution in [2.75, 3.05) is 13.7 Å². The molecule has 8 heteroatoms. The van der Waals surface area contributed by atoms with Gasteiger partial charge in [-0.1, -0.05) is 12.1 Å². The Labute approximate surface area is 186 Å². The fourth-order valence-electron chi connectivity index (χ4n) is 2.97. The van der Waals surface area contributed by atoms with Gasteiger partial charge in [0.25, 0.3) is 5.91 Å². The first-order valence-corrected chi connectivity index (χ1v) is 9.98. The van der Waals surface area contributed by atoms with E-state index in [0.717, 1.165) is 11.1 Å². The van der Waals surface area contributed by atoms with Crippen molar-refractivity contribution in [3.63, 3.8) is 0 Å². The lowest BCUT2D eigenvalue weighted by molar-refractivity contribution is -0.123. The molecule has 0 aliphatic carbocycles. The lowest BCUT2D eigenvalue weighted by atomic mass is 10.1. The monoisotopic (exact) mass is 435 g/mol. The summed E-state index contributed by atoms with van der Waals surface area (Å²) in [6.07, 6.45) is 3.42. The first-order chi connectivity index (χ1) is 15.5. The standard InChI is InChI=1S/C24H25N3O5/c1-16(27-23(28)15-31-20-5-3-4-19(12-20)24(25)29)18-6-7-21(22(13-18)30-2)32-14-17-8-10-26-11-9-17/h3-13,16H,14-15H2,1-2H3,(H2,25,29)(H,27,28). The molecule has 166 valence electrons. The van der Waals surface area contributed by atoms with Crippen molar-refractivity contribution >= 4 is 11.8 Å². The minimum Gasteiger partial charge on any atom is -0.493 e. The Kier molecular flexibility index (Phi) is 7.64. The number of carbonyl (C=O) groups excluding carboxylic acids is 2. The number of nitrogens with one attached hydrogen (secondary N) is 1. The van der Waals surface area contributed by atoms with Crippen molar-refractivity contribution in [1.29, 1.82) is 0 Å². The molecule has 2 aromatic carbocycles. The van der Waals surface area contributed by atoms with Gasteiger partial charge >= 0.3 is 0 Å². The zero-order valence-electron chi connectivity index (χ0n) is 17.9. The number of amides is 2. The molecule has 3 aromatic rings. The number of carbonyl (C=O) groups is 2. The van der Waals surface area contributed by atoms with Gasteiger partial charge in [-0.2, -0.15) is 0 Å². The molecule has 0 radical (unpaired) electrons. The molecule has 0 spiro atoms. The van der Waals surface area contributed by atoms with Gasteiger partial charge in [0.2, 0.25) is 5.91 Å². The number of hydrogen-bond donors (Lipinski definition) is 2. The fourth-order valence-corrected chi connectivity index (χ4v) is 2.97. The molecule has 0 fully saturated rings. The quantitative estimate of drug-likeness (QED) is 0.506. The van der Waals surface area contributed by atoms with Crippen LogP contribution in [-0.4, -0.2) is 30.5 Å². The van der Waals surface area contributed by atoms with Gasteiger partial charge in [0, 0.05) is 18.0 Å². The zero-order valence-corrected chi connectivity index (χ0v) is 17.9. The van der Waals surface area contributed by atoms with Gasteiger partial charge < -0.3 is 25.3 Å². The summed E-state index contributed by atoms with van der Waals surface area (Å²) in [5.74, 6) is 0.692. The average molecular weight is 435 g/mol. The Hall–Kier alpha value is -4.07. The second-order valence-electron chi connectivity index (χ2n) is 7.02. The van der Waals surface area contributed by atoms with Crippen molar-refractivity contribution < 1.29 is 23.8 Å². The van der Waals surface area contributed by atoms with E-state index in [0.29, 0.717) is 29.4 Å². The van der Waals surface area contributed by atoms with Crippen LogP contribution in [0.3, 0.4) is 0 Å². The van der Waals surface area contributed by atoms with E-state index in [1.165, 1.54) is 6.07 Å². The smallest absolute Gasteiger partial charge is 0.258 e. The third kappa shape index (κ3) is 6.21. The van der Waals surface area contributed by atoms with Crippen molar-refractivity contribution in [3.8, 4) is 17.2 Å². The number of rotatable bonds is 10. The van der Waals surface area contributed by atoms with Crippen LogP contribution in [0, 0.1) is 0 Å². The van der Waals surface area contributed by atoms with Crippen LogP contribution in [0.2, 0.25) is 0 Å². The number of benzene rings is 2. The van der Waals surface area contributed by atoms with E-state index in [-0.39, 0.29) is 18.6 Å². The van der Waals surface area contributed by atoms with E-state index in [1.54, 1.807) is 37.7 Å². The SMILES string of the molecule is COc1cc(C(C)NC(=O)COc2cccc(C(N)=O)c2)ccc1OCc1ccncc1. The van der Waals surface area contributed by atoms with E-state index in [2.05, 4.69) is 10.3 Å². The van der Waals surface area contributed by atoms with E-state index in [9.17, 15) is 9.59 Å². The van der Waals surface area contributed by atoms with Gasteiger partial charge in [0.1, 0.15) is 12.4 Å². The summed E-state index contributed by atoms with van der Waals surface area (Å²) in [5, 5.41) is 2.87. The van der Waals surface area contributed by atoms with Crippen LogP contribution in [0.4, 0.5) is 0 Å². The van der Waals surface area contributed by atoms with Crippen molar-refractivity contribution in [3.05, 3.63) is 83.7 Å². The maximum atomic E-state index is 12.3. The molecule has 0 saturated carbocycles. The maximum absolute atomic E-state index is 12.3. The van der Waals surface area contributed by atoms with Crippen molar-refractivity contribution in [2.45, 2.75) is 19.6 Å². The molecule has 2 amide bonds. The Morgan fingerprint density at radius 2 is 1.81 bits per heavy atom. The van der Waals surface area contributed by atoms with Crippen LogP contribution in [-0.2, 0) is 11.4 Å². The summed E-state index contributed by atoms with van der Waals surface area (Å²) in [6, 6.07) is 15.3. The van der Waals surface area contributed by atoms with Gasteiger partial charge in [-0.25, -0.2) is 0 Å². The van der Waals surface area contributed by atoms with Crippen molar-refractivity contribution in [1.82, 2.24) is 10.3 Å². The average Bonchev–Trinajstić information content (AvgIpc) is 2.82. The molecule has 32 heavy (non-hydrogen) atoms. The maximum Gasteiger partial charge on any atom is 0.258 e. The second kappa shape index (κ2) is 10.8. The van der Waals surface area contributed by atoms with E-state index in [1.807, 2.05) is 37.3 Å². The fraction of sp³-hybridized carbons (Fsp3) is 0.208. The summed E-state index contributed by atoms with van der Waals surface area (Å²) in [4.78, 5) is 27.5. The molecule has 0 saturated heterocycles. The first kappa shape index (κ1) is 22.6. The highest BCUT2D eigenvalue weighted by atomic mass is 16.5. The number of methoxy groups -OCH3 is 1. The van der Waals surface area contributed by atoms with E-state index >= 15 is 0 Å². The number of nitrogens with zero attached hydrogens (tertiary/aromatic N) is 1. The van der Waals surface area contributed by atoms with Gasteiger partial charge in [-0.15, -0.1) is 0 Å². The largest absolute Gasteiger partial charge is 0.493 e. The molecule has 3 N–H and O–H groups in total. The number of hydrogen-bond acceptors (Lipinski definition) is 6. The van der Waals surface area contributed by atoms with Crippen LogP contribution in [0.1, 0.15) is 34.5 Å². The lowest BCUT2D eigenvalue weighted by Crippen LogP contribution is -2.31. The highest BCUT2D eigenvalue weighted by Gasteiger charge is 2.14. The molecule has 8 nitrogen and oxygen atoms in total. The molecule has 1 heterocycles. The summed E-state index contributed by atoms with van der Waals surface area (Å²) >= 11 is 0. The number of primary amides is 1. The minimum absolute atomic E-state index is 0.198. The Morgan fingerprint density at radius 3 is 2.53 bits per heavy atom. The highest BCUT2D eigenvalue weighted by Crippen LogP contribution is 2.31. The summed E-state index contributed by atoms with van der Waals surface area (Å²) < 4.78 is 16.8. The topological polar surface area (TPSA) is 113 Å². The molecule has 0 aliphatic rings. The predicted octanol–water partition coefficient (Wildman–Crippen LogP) is 3.02. The van der Waals surface area contributed by atoms with Gasteiger partial charge in [-0.05, 0) is 60.5 Å². The number of nitrogens with two attached hydrogens (primary N) is 1. The number of ether oxygens (including phenoxy) is 3. The lowest BCUT2D eigenvalue weighted by Gasteiger charge is -2.17. The molecular formula is C24H25N3O5. The molecule has 0 bridgehead atoms. The predicted molar refractivity (Wildman–Crippen MR) is 119 cm³/mol. The number of aromatic nitrogens is 1. The molecule has 0 aliphatic heterocycles. The van der Waals surface area contributed by atoms with E-state index < -0.39 is 5.91 Å².